The van der Waals surface area contributed by atoms with Crippen LogP contribution in [0.25, 0.3) is 0 Å². The van der Waals surface area contributed by atoms with Crippen LogP contribution in [-0.4, -0.2) is 42.1 Å². The van der Waals surface area contributed by atoms with E-state index in [4.69, 9.17) is 9.15 Å². The van der Waals surface area contributed by atoms with Gasteiger partial charge in [0.2, 0.25) is 5.89 Å². The van der Waals surface area contributed by atoms with E-state index in [-0.39, 0.29) is 30.5 Å². The van der Waals surface area contributed by atoms with Gasteiger partial charge in [0.05, 0.1) is 24.4 Å². The van der Waals surface area contributed by atoms with Gasteiger partial charge >= 0.3 is 6.18 Å². The molecule has 1 fully saturated rings. The number of hydrogen-bond acceptors (Lipinski definition) is 4. The minimum atomic E-state index is -4.38. The molecule has 3 rings (SSSR count). The zero-order valence-electron chi connectivity index (χ0n) is 17.1. The monoisotopic (exact) mass is 538 g/mol. The summed E-state index contributed by atoms with van der Waals surface area (Å²) in [7, 11) is 0. The number of nitrogens with zero attached hydrogens (tertiary/aromatic N) is 3. The third-order valence-electron chi connectivity index (χ3n) is 4.72. The predicted octanol–water partition coefficient (Wildman–Crippen LogP) is 4.47. The summed E-state index contributed by atoms with van der Waals surface area (Å²) in [4.78, 5) is 10.9. The second-order valence-corrected chi connectivity index (χ2v) is 6.85. The maximum Gasteiger partial charge on any atom is 0.416 e. The molecule has 0 saturated carbocycles. The Morgan fingerprint density at radius 1 is 1.33 bits per heavy atom. The zero-order valence-corrected chi connectivity index (χ0v) is 19.5. The van der Waals surface area contributed by atoms with Crippen LogP contribution in [0.3, 0.4) is 0 Å². The van der Waals surface area contributed by atoms with E-state index in [0.717, 1.165) is 23.6 Å². The van der Waals surface area contributed by atoms with Gasteiger partial charge in [0.15, 0.2) is 5.96 Å². The Morgan fingerprint density at radius 2 is 2.10 bits per heavy atom. The summed E-state index contributed by atoms with van der Waals surface area (Å²) < 4.78 is 50.4. The fraction of sp³-hybridized carbons (Fsp3) is 0.500. The molecule has 0 amide bonds. The summed E-state index contributed by atoms with van der Waals surface area (Å²) in [5.41, 5.74) is 0.654. The van der Waals surface area contributed by atoms with Gasteiger partial charge in [0.25, 0.3) is 0 Å². The van der Waals surface area contributed by atoms with E-state index >= 15 is 0 Å². The van der Waals surface area contributed by atoms with Gasteiger partial charge in [-0.1, -0.05) is 12.1 Å². The maximum atomic E-state index is 13.0. The number of aryl methyl sites for hydroxylation is 2. The van der Waals surface area contributed by atoms with Crippen LogP contribution >= 0.6 is 24.0 Å². The highest BCUT2D eigenvalue weighted by molar-refractivity contribution is 14.0. The third-order valence-corrected chi connectivity index (χ3v) is 4.72. The largest absolute Gasteiger partial charge is 0.444 e. The van der Waals surface area contributed by atoms with E-state index in [1.54, 1.807) is 6.07 Å². The number of oxazole rings is 1. The number of benzene rings is 1. The smallest absolute Gasteiger partial charge is 0.416 e. The van der Waals surface area contributed by atoms with Gasteiger partial charge in [0.1, 0.15) is 18.4 Å². The number of halogens is 4. The van der Waals surface area contributed by atoms with Crippen LogP contribution in [0.15, 0.2) is 33.7 Å². The van der Waals surface area contributed by atoms with Crippen molar-refractivity contribution in [2.24, 2.45) is 4.99 Å². The maximum absolute atomic E-state index is 13.0. The molecular weight excluding hydrogens is 512 g/mol. The molecule has 1 saturated heterocycles. The van der Waals surface area contributed by atoms with Crippen molar-refractivity contribution in [3.05, 3.63) is 52.7 Å². The van der Waals surface area contributed by atoms with Crippen molar-refractivity contribution in [1.29, 1.82) is 0 Å². The number of hydrogen-bond donors (Lipinski definition) is 1. The Kier molecular flexibility index (Phi) is 8.53. The fourth-order valence-corrected chi connectivity index (χ4v) is 3.13. The van der Waals surface area contributed by atoms with Crippen molar-refractivity contribution in [2.75, 3.05) is 26.2 Å². The van der Waals surface area contributed by atoms with Crippen molar-refractivity contribution >= 4 is 29.9 Å². The van der Waals surface area contributed by atoms with Gasteiger partial charge in [0, 0.05) is 13.1 Å². The molecule has 2 heterocycles. The standard InChI is InChI=1S/C20H25F3N4O2.HI/c1-4-24-19(25-11-18-26-13(2)14(3)29-18)27-8-9-28-17(12-27)15-6-5-7-16(10-15)20(21,22)23;/h5-7,10,17H,4,8-9,11-12H2,1-3H3,(H,24,25);1H. The third kappa shape index (κ3) is 6.10. The second-order valence-electron chi connectivity index (χ2n) is 6.85. The average Bonchev–Trinajstić information content (AvgIpc) is 3.02. The number of ether oxygens (including phenoxy) is 1. The highest BCUT2D eigenvalue weighted by atomic mass is 127. The number of alkyl halides is 3. The Hall–Kier alpha value is -1.82. The van der Waals surface area contributed by atoms with Crippen LogP contribution in [-0.2, 0) is 17.5 Å². The van der Waals surface area contributed by atoms with Gasteiger partial charge in [-0.05, 0) is 38.5 Å². The first-order valence-corrected chi connectivity index (χ1v) is 9.53. The first kappa shape index (κ1) is 24.4. The lowest BCUT2D eigenvalue weighted by Gasteiger charge is -2.35. The van der Waals surface area contributed by atoms with Crippen LogP contribution in [0.2, 0.25) is 0 Å². The molecule has 1 atom stereocenters. The molecule has 1 aliphatic rings. The lowest BCUT2D eigenvalue weighted by atomic mass is 10.0. The van der Waals surface area contributed by atoms with Gasteiger partial charge in [-0.15, -0.1) is 24.0 Å². The van der Waals surface area contributed by atoms with Gasteiger partial charge in [-0.3, -0.25) is 0 Å². The molecule has 1 unspecified atom stereocenters. The van der Waals surface area contributed by atoms with E-state index < -0.39 is 17.8 Å². The first-order chi connectivity index (χ1) is 13.8. The van der Waals surface area contributed by atoms with Crippen LogP contribution in [0.4, 0.5) is 13.2 Å². The minimum Gasteiger partial charge on any atom is -0.444 e. The lowest BCUT2D eigenvalue weighted by molar-refractivity contribution is -0.137. The summed E-state index contributed by atoms with van der Waals surface area (Å²) in [6, 6.07) is 5.28. The molecule has 30 heavy (non-hydrogen) atoms. The van der Waals surface area contributed by atoms with Gasteiger partial charge < -0.3 is 19.4 Å². The number of aliphatic imine (C=N–C) groups is 1. The Balaban J connectivity index is 0.00000320. The summed E-state index contributed by atoms with van der Waals surface area (Å²) in [5.74, 6) is 1.94. The predicted molar refractivity (Wildman–Crippen MR) is 118 cm³/mol. The molecule has 0 bridgehead atoms. The lowest BCUT2D eigenvalue weighted by Crippen LogP contribution is -2.48. The quantitative estimate of drug-likeness (QED) is 0.354. The van der Waals surface area contributed by atoms with Gasteiger partial charge in [-0.2, -0.15) is 13.2 Å². The number of morpholine rings is 1. The normalized spacial score (nSPS) is 17.6. The molecular formula is C20H26F3IN4O2. The molecule has 1 aromatic heterocycles. The number of aromatic nitrogens is 1. The Bertz CT molecular complexity index is 850. The number of rotatable bonds is 4. The second kappa shape index (κ2) is 10.5. The van der Waals surface area contributed by atoms with Crippen LogP contribution in [0.1, 0.15) is 41.5 Å². The Labute approximate surface area is 190 Å². The molecule has 0 radical (unpaired) electrons. The molecule has 0 aliphatic carbocycles. The van der Waals surface area contributed by atoms with Crippen LogP contribution in [0, 0.1) is 13.8 Å². The molecule has 2 aromatic rings. The van der Waals surface area contributed by atoms with Crippen molar-refractivity contribution in [3.63, 3.8) is 0 Å². The first-order valence-electron chi connectivity index (χ1n) is 9.53. The number of nitrogens with one attached hydrogen (secondary N) is 1. The topological polar surface area (TPSA) is 62.9 Å². The van der Waals surface area contributed by atoms with Crippen molar-refractivity contribution in [1.82, 2.24) is 15.2 Å². The molecule has 0 spiro atoms. The number of guanidine groups is 1. The molecule has 1 aliphatic heterocycles. The van der Waals surface area contributed by atoms with Crippen LogP contribution in [0.5, 0.6) is 0 Å². The van der Waals surface area contributed by atoms with Crippen molar-refractivity contribution < 1.29 is 22.3 Å². The summed E-state index contributed by atoms with van der Waals surface area (Å²) in [5, 5.41) is 3.22. The van der Waals surface area contributed by atoms with E-state index in [1.807, 2.05) is 25.7 Å². The molecule has 166 valence electrons. The zero-order chi connectivity index (χ0) is 21.0. The highest BCUT2D eigenvalue weighted by Crippen LogP contribution is 2.32. The summed E-state index contributed by atoms with van der Waals surface area (Å²) in [6.45, 7) is 8.00. The molecule has 10 heteroatoms. The van der Waals surface area contributed by atoms with Crippen LogP contribution < -0.4 is 5.32 Å². The fourth-order valence-electron chi connectivity index (χ4n) is 3.13. The summed E-state index contributed by atoms with van der Waals surface area (Å²) in [6.07, 6.45) is -4.85. The molecule has 6 nitrogen and oxygen atoms in total. The molecule has 1 aromatic carbocycles. The van der Waals surface area contributed by atoms with E-state index in [2.05, 4.69) is 15.3 Å². The summed E-state index contributed by atoms with van der Waals surface area (Å²) >= 11 is 0. The highest BCUT2D eigenvalue weighted by Gasteiger charge is 2.32. The molecule has 1 N–H and O–H groups in total. The minimum absolute atomic E-state index is 0. The van der Waals surface area contributed by atoms with E-state index in [0.29, 0.717) is 43.7 Å². The van der Waals surface area contributed by atoms with Crippen molar-refractivity contribution in [2.45, 2.75) is 39.6 Å². The Morgan fingerprint density at radius 3 is 2.73 bits per heavy atom. The SMILES string of the molecule is CCNC(=NCc1nc(C)c(C)o1)N1CCOC(c2cccc(C(F)(F)F)c2)C1.I. The van der Waals surface area contributed by atoms with E-state index in [1.165, 1.54) is 6.07 Å². The average molecular weight is 538 g/mol. The van der Waals surface area contributed by atoms with Gasteiger partial charge in [-0.25, -0.2) is 9.98 Å². The van der Waals surface area contributed by atoms with E-state index in [9.17, 15) is 13.2 Å². The van der Waals surface area contributed by atoms with Crippen molar-refractivity contribution in [3.8, 4) is 0 Å².